The van der Waals surface area contributed by atoms with Crippen LogP contribution in [0.5, 0.6) is 0 Å². The van der Waals surface area contributed by atoms with E-state index in [1.165, 1.54) is 11.1 Å². The van der Waals surface area contributed by atoms with Gasteiger partial charge in [0.15, 0.2) is 0 Å². The van der Waals surface area contributed by atoms with E-state index in [1.807, 2.05) is 13.0 Å². The molecule has 1 aromatic heterocycles. The number of nitrogens with one attached hydrogen (secondary N) is 1. The summed E-state index contributed by atoms with van der Waals surface area (Å²) in [6.07, 6.45) is 4.21. The van der Waals surface area contributed by atoms with Crippen LogP contribution in [-0.4, -0.2) is 33.4 Å². The van der Waals surface area contributed by atoms with Crippen LogP contribution in [0, 0.1) is 0 Å². The van der Waals surface area contributed by atoms with Gasteiger partial charge in [-0.25, -0.2) is 9.97 Å². The van der Waals surface area contributed by atoms with Crippen LogP contribution in [0.3, 0.4) is 0 Å². The highest BCUT2D eigenvalue weighted by molar-refractivity contribution is 5.93. The van der Waals surface area contributed by atoms with Gasteiger partial charge in [0.05, 0.1) is 6.04 Å². The fraction of sp³-hybridized carbons (Fsp3) is 0.312. The van der Waals surface area contributed by atoms with Crippen LogP contribution in [0.4, 0.5) is 5.95 Å². The second-order valence-corrected chi connectivity index (χ2v) is 5.23. The van der Waals surface area contributed by atoms with Gasteiger partial charge < -0.3 is 0 Å². The Morgan fingerprint density at radius 1 is 1.19 bits per heavy atom. The summed E-state index contributed by atoms with van der Waals surface area (Å²) in [4.78, 5) is 22.5. The number of nitrogens with zero attached hydrogens (tertiary/aromatic N) is 3. The van der Waals surface area contributed by atoms with Gasteiger partial charge in [-0.05, 0) is 30.5 Å². The number of carbonyl (C=O) groups excluding carboxylic acids is 1. The zero-order valence-electron chi connectivity index (χ0n) is 12.0. The van der Waals surface area contributed by atoms with Crippen molar-refractivity contribution in [3.05, 3.63) is 53.9 Å². The SMILES string of the molecule is CC(C(=O)Nc1ncccn1)N1CCc2ccccc2C1. The normalized spacial score (nSPS) is 16.0. The summed E-state index contributed by atoms with van der Waals surface area (Å²) in [5.41, 5.74) is 2.69. The molecule has 1 N–H and O–H groups in total. The molecule has 1 amide bonds. The summed E-state index contributed by atoms with van der Waals surface area (Å²) in [7, 11) is 0. The van der Waals surface area contributed by atoms with Gasteiger partial charge in [-0.1, -0.05) is 24.3 Å². The second-order valence-electron chi connectivity index (χ2n) is 5.23. The molecule has 0 spiro atoms. The van der Waals surface area contributed by atoms with Crippen LogP contribution in [0.25, 0.3) is 0 Å². The molecule has 0 bridgehead atoms. The number of rotatable bonds is 3. The Morgan fingerprint density at radius 2 is 1.90 bits per heavy atom. The highest BCUT2D eigenvalue weighted by atomic mass is 16.2. The molecule has 5 nitrogen and oxygen atoms in total. The molecule has 1 aromatic carbocycles. The lowest BCUT2D eigenvalue weighted by Gasteiger charge is -2.32. The number of aromatic nitrogens is 2. The van der Waals surface area contributed by atoms with E-state index in [2.05, 4.69) is 38.4 Å². The van der Waals surface area contributed by atoms with Gasteiger partial charge in [0.2, 0.25) is 11.9 Å². The van der Waals surface area contributed by atoms with E-state index in [-0.39, 0.29) is 11.9 Å². The summed E-state index contributed by atoms with van der Waals surface area (Å²) in [6, 6.07) is 9.92. The van der Waals surface area contributed by atoms with Gasteiger partial charge in [-0.15, -0.1) is 0 Å². The Bertz CT molecular complexity index is 629. The molecular weight excluding hydrogens is 264 g/mol. The first-order valence-corrected chi connectivity index (χ1v) is 7.13. The lowest BCUT2D eigenvalue weighted by Crippen LogP contribution is -2.44. The Kier molecular flexibility index (Phi) is 3.92. The van der Waals surface area contributed by atoms with Crippen LogP contribution < -0.4 is 5.32 Å². The van der Waals surface area contributed by atoms with Gasteiger partial charge in [0, 0.05) is 25.5 Å². The zero-order chi connectivity index (χ0) is 14.7. The van der Waals surface area contributed by atoms with E-state index in [9.17, 15) is 4.79 Å². The quantitative estimate of drug-likeness (QED) is 0.933. The highest BCUT2D eigenvalue weighted by Crippen LogP contribution is 2.20. The molecule has 0 radical (unpaired) electrons. The van der Waals surface area contributed by atoms with Crippen molar-refractivity contribution in [2.45, 2.75) is 25.9 Å². The van der Waals surface area contributed by atoms with Crippen molar-refractivity contribution in [2.75, 3.05) is 11.9 Å². The van der Waals surface area contributed by atoms with Crippen LogP contribution in [-0.2, 0) is 17.8 Å². The number of amides is 1. The van der Waals surface area contributed by atoms with E-state index in [0.29, 0.717) is 5.95 Å². The minimum atomic E-state index is -0.206. The van der Waals surface area contributed by atoms with Crippen LogP contribution in [0.1, 0.15) is 18.1 Å². The molecule has 0 fully saturated rings. The van der Waals surface area contributed by atoms with Crippen LogP contribution in [0.2, 0.25) is 0 Å². The van der Waals surface area contributed by atoms with Gasteiger partial charge in [0.1, 0.15) is 0 Å². The third kappa shape index (κ3) is 3.08. The van der Waals surface area contributed by atoms with Gasteiger partial charge in [-0.3, -0.25) is 15.0 Å². The van der Waals surface area contributed by atoms with Crippen molar-refractivity contribution in [1.29, 1.82) is 0 Å². The molecule has 2 aromatic rings. The maximum Gasteiger partial charge on any atom is 0.243 e. The molecule has 0 saturated carbocycles. The molecule has 1 unspecified atom stereocenters. The maximum atomic E-state index is 12.3. The highest BCUT2D eigenvalue weighted by Gasteiger charge is 2.25. The van der Waals surface area contributed by atoms with E-state index >= 15 is 0 Å². The Labute approximate surface area is 124 Å². The molecule has 1 atom stereocenters. The smallest absolute Gasteiger partial charge is 0.243 e. The number of fused-ring (bicyclic) bond motifs is 1. The summed E-state index contributed by atoms with van der Waals surface area (Å²) >= 11 is 0. The number of benzene rings is 1. The number of anilines is 1. The predicted octanol–water partition coefficient (Wildman–Crippen LogP) is 1.86. The number of hydrogen-bond donors (Lipinski definition) is 1. The van der Waals surface area contributed by atoms with Gasteiger partial charge in [0.25, 0.3) is 0 Å². The van der Waals surface area contributed by atoms with Crippen molar-refractivity contribution in [1.82, 2.24) is 14.9 Å². The molecule has 108 valence electrons. The summed E-state index contributed by atoms with van der Waals surface area (Å²) < 4.78 is 0. The lowest BCUT2D eigenvalue weighted by molar-refractivity contribution is -0.121. The minimum absolute atomic E-state index is 0.0689. The summed E-state index contributed by atoms with van der Waals surface area (Å²) in [5, 5.41) is 2.76. The fourth-order valence-electron chi connectivity index (χ4n) is 2.59. The molecule has 1 aliphatic heterocycles. The third-order valence-corrected chi connectivity index (χ3v) is 3.89. The van der Waals surface area contributed by atoms with Crippen LogP contribution >= 0.6 is 0 Å². The average Bonchev–Trinajstić information content (AvgIpc) is 2.54. The molecule has 2 heterocycles. The first kappa shape index (κ1) is 13.7. The predicted molar refractivity (Wildman–Crippen MR) is 80.7 cm³/mol. The van der Waals surface area contributed by atoms with Crippen molar-refractivity contribution in [3.63, 3.8) is 0 Å². The standard InChI is InChI=1S/C16H18N4O/c1-12(15(21)19-16-17-8-4-9-18-16)20-10-7-13-5-2-3-6-14(13)11-20/h2-6,8-9,12H,7,10-11H2,1H3,(H,17,18,19,21). The third-order valence-electron chi connectivity index (χ3n) is 3.89. The van der Waals surface area contributed by atoms with Crippen molar-refractivity contribution >= 4 is 11.9 Å². The average molecular weight is 282 g/mol. The largest absolute Gasteiger partial charge is 0.293 e. The molecular formula is C16H18N4O. The minimum Gasteiger partial charge on any atom is -0.293 e. The van der Waals surface area contributed by atoms with Crippen molar-refractivity contribution < 1.29 is 4.79 Å². The van der Waals surface area contributed by atoms with Crippen molar-refractivity contribution in [2.24, 2.45) is 0 Å². The molecule has 3 rings (SSSR count). The number of hydrogen-bond acceptors (Lipinski definition) is 4. The van der Waals surface area contributed by atoms with Crippen molar-refractivity contribution in [3.8, 4) is 0 Å². The van der Waals surface area contributed by atoms with E-state index in [4.69, 9.17) is 0 Å². The van der Waals surface area contributed by atoms with Gasteiger partial charge >= 0.3 is 0 Å². The molecule has 5 heteroatoms. The number of carbonyl (C=O) groups is 1. The monoisotopic (exact) mass is 282 g/mol. The lowest BCUT2D eigenvalue weighted by atomic mass is 9.99. The Morgan fingerprint density at radius 3 is 2.67 bits per heavy atom. The summed E-state index contributed by atoms with van der Waals surface area (Å²) in [5.74, 6) is 0.285. The first-order valence-electron chi connectivity index (χ1n) is 7.13. The maximum absolute atomic E-state index is 12.3. The molecule has 0 aliphatic carbocycles. The fourth-order valence-corrected chi connectivity index (χ4v) is 2.59. The second kappa shape index (κ2) is 6.01. The Balaban J connectivity index is 1.66. The summed E-state index contributed by atoms with van der Waals surface area (Å²) in [6.45, 7) is 3.62. The molecule has 1 aliphatic rings. The zero-order valence-corrected chi connectivity index (χ0v) is 12.0. The Hall–Kier alpha value is -2.27. The van der Waals surface area contributed by atoms with E-state index in [1.54, 1.807) is 18.5 Å². The molecule has 21 heavy (non-hydrogen) atoms. The van der Waals surface area contributed by atoms with Gasteiger partial charge in [-0.2, -0.15) is 0 Å². The van der Waals surface area contributed by atoms with E-state index < -0.39 is 0 Å². The first-order chi connectivity index (χ1) is 10.2. The van der Waals surface area contributed by atoms with Crippen LogP contribution in [0.15, 0.2) is 42.7 Å². The molecule has 0 saturated heterocycles. The topological polar surface area (TPSA) is 58.1 Å². The van der Waals surface area contributed by atoms with E-state index in [0.717, 1.165) is 19.5 Å².